The minimum atomic E-state index is -1.35. The summed E-state index contributed by atoms with van der Waals surface area (Å²) in [6, 6.07) is 20.2. The molecule has 6 nitrogen and oxygen atoms in total. The molecule has 3 aromatic rings. The zero-order valence-electron chi connectivity index (χ0n) is 14.1. The Balaban J connectivity index is 1.72. The van der Waals surface area contributed by atoms with Gasteiger partial charge in [-0.15, -0.1) is 0 Å². The summed E-state index contributed by atoms with van der Waals surface area (Å²) in [6.07, 6.45) is 0.0767. The standard InChI is InChI=1S/C20H14N2O4S/c23-20(13-14-9-11-15(12-10-14)22(24)25)21-16-5-1-3-7-18(16)27(26)19-8-4-2-6-17(19)21/h1-12H,13H2. The number of nitro benzene ring substituents is 1. The summed E-state index contributed by atoms with van der Waals surface area (Å²) in [4.78, 5) is 26.2. The lowest BCUT2D eigenvalue weighted by Gasteiger charge is -2.31. The molecule has 1 amide bonds. The summed E-state index contributed by atoms with van der Waals surface area (Å²) in [5.74, 6) is -0.194. The monoisotopic (exact) mass is 378 g/mol. The third-order valence-corrected chi connectivity index (χ3v) is 5.85. The highest BCUT2D eigenvalue weighted by molar-refractivity contribution is 7.85. The van der Waals surface area contributed by atoms with Gasteiger partial charge in [0.25, 0.3) is 5.69 Å². The molecule has 0 aliphatic carbocycles. The number of hydrogen-bond donors (Lipinski definition) is 0. The summed E-state index contributed by atoms with van der Waals surface area (Å²) < 4.78 is 12.8. The van der Waals surface area contributed by atoms with Crippen LogP contribution in [0.25, 0.3) is 0 Å². The maximum absolute atomic E-state index is 13.1. The summed E-state index contributed by atoms with van der Waals surface area (Å²) >= 11 is 0. The predicted molar refractivity (Wildman–Crippen MR) is 102 cm³/mol. The molecule has 1 heterocycles. The Morgan fingerprint density at radius 3 is 1.93 bits per heavy atom. The lowest BCUT2D eigenvalue weighted by Crippen LogP contribution is -2.31. The largest absolute Gasteiger partial charge is 0.278 e. The topological polar surface area (TPSA) is 80.5 Å². The zero-order valence-corrected chi connectivity index (χ0v) is 14.9. The molecule has 3 aromatic carbocycles. The van der Waals surface area contributed by atoms with Crippen molar-refractivity contribution in [1.82, 2.24) is 0 Å². The van der Waals surface area contributed by atoms with Crippen LogP contribution in [0.4, 0.5) is 17.1 Å². The number of nitro groups is 1. The lowest BCUT2D eigenvalue weighted by molar-refractivity contribution is -0.384. The molecule has 134 valence electrons. The van der Waals surface area contributed by atoms with Crippen molar-refractivity contribution in [2.24, 2.45) is 0 Å². The molecule has 0 spiro atoms. The van der Waals surface area contributed by atoms with Crippen LogP contribution in [0.3, 0.4) is 0 Å². The van der Waals surface area contributed by atoms with Crippen LogP contribution in [0, 0.1) is 10.1 Å². The van der Waals surface area contributed by atoms with E-state index in [1.165, 1.54) is 12.1 Å². The molecule has 0 bridgehead atoms. The van der Waals surface area contributed by atoms with Gasteiger partial charge in [0.2, 0.25) is 5.91 Å². The third kappa shape index (κ3) is 3.02. The van der Waals surface area contributed by atoms with Gasteiger partial charge in [-0.2, -0.15) is 0 Å². The first-order valence-electron chi connectivity index (χ1n) is 8.22. The van der Waals surface area contributed by atoms with Gasteiger partial charge in [-0.05, 0) is 29.8 Å². The third-order valence-electron chi connectivity index (χ3n) is 4.36. The number of para-hydroxylation sites is 2. The van der Waals surface area contributed by atoms with E-state index in [1.54, 1.807) is 65.6 Å². The molecule has 0 saturated heterocycles. The average molecular weight is 378 g/mol. The van der Waals surface area contributed by atoms with E-state index in [4.69, 9.17) is 0 Å². The molecule has 0 unspecified atom stereocenters. The number of amides is 1. The molecule has 27 heavy (non-hydrogen) atoms. The summed E-state index contributed by atoms with van der Waals surface area (Å²) in [5, 5.41) is 10.8. The van der Waals surface area contributed by atoms with Crippen LogP contribution < -0.4 is 4.90 Å². The second-order valence-electron chi connectivity index (χ2n) is 6.03. The molecule has 0 aromatic heterocycles. The van der Waals surface area contributed by atoms with Crippen molar-refractivity contribution in [3.63, 3.8) is 0 Å². The van der Waals surface area contributed by atoms with Crippen molar-refractivity contribution in [2.75, 3.05) is 4.90 Å². The first-order chi connectivity index (χ1) is 13.1. The van der Waals surface area contributed by atoms with E-state index in [-0.39, 0.29) is 18.0 Å². The van der Waals surface area contributed by atoms with Crippen molar-refractivity contribution in [3.8, 4) is 0 Å². The number of benzene rings is 3. The van der Waals surface area contributed by atoms with Gasteiger partial charge in [-0.25, -0.2) is 4.21 Å². The zero-order chi connectivity index (χ0) is 19.0. The Morgan fingerprint density at radius 2 is 1.41 bits per heavy atom. The number of carbonyl (C=O) groups is 1. The molecule has 0 N–H and O–H groups in total. The van der Waals surface area contributed by atoms with Gasteiger partial charge >= 0.3 is 0 Å². The van der Waals surface area contributed by atoms with Crippen LogP contribution in [0.2, 0.25) is 0 Å². The number of non-ortho nitro benzene ring substituents is 1. The van der Waals surface area contributed by atoms with Crippen LogP contribution in [-0.4, -0.2) is 15.0 Å². The second-order valence-corrected chi connectivity index (χ2v) is 7.45. The van der Waals surface area contributed by atoms with Crippen molar-refractivity contribution in [3.05, 3.63) is 88.5 Å². The van der Waals surface area contributed by atoms with E-state index in [2.05, 4.69) is 0 Å². The Hall–Kier alpha value is -3.32. The molecule has 7 heteroatoms. The highest BCUT2D eigenvalue weighted by atomic mass is 32.2. The fourth-order valence-corrected chi connectivity index (χ4v) is 4.44. The minimum absolute atomic E-state index is 0.0183. The quantitative estimate of drug-likeness (QED) is 0.510. The fraction of sp³-hybridized carbons (Fsp3) is 0.0500. The van der Waals surface area contributed by atoms with E-state index >= 15 is 0 Å². The van der Waals surface area contributed by atoms with Gasteiger partial charge in [0.05, 0.1) is 43.3 Å². The van der Waals surface area contributed by atoms with Crippen LogP contribution in [0.5, 0.6) is 0 Å². The van der Waals surface area contributed by atoms with Gasteiger partial charge in [0.1, 0.15) is 0 Å². The second kappa shape index (κ2) is 6.77. The van der Waals surface area contributed by atoms with Crippen LogP contribution in [-0.2, 0) is 22.0 Å². The van der Waals surface area contributed by atoms with Crippen molar-refractivity contribution in [2.45, 2.75) is 16.2 Å². The smallest absolute Gasteiger partial charge is 0.269 e. The van der Waals surface area contributed by atoms with Gasteiger partial charge in [0, 0.05) is 12.1 Å². The number of hydrogen-bond acceptors (Lipinski definition) is 4. The van der Waals surface area contributed by atoms with Gasteiger partial charge < -0.3 is 0 Å². The molecular weight excluding hydrogens is 364 g/mol. The number of nitrogens with zero attached hydrogens (tertiary/aromatic N) is 2. The summed E-state index contributed by atoms with van der Waals surface area (Å²) in [5.41, 5.74) is 1.85. The van der Waals surface area contributed by atoms with Crippen LogP contribution in [0.1, 0.15) is 5.56 Å². The molecule has 1 aliphatic heterocycles. The van der Waals surface area contributed by atoms with Crippen molar-refractivity contribution >= 4 is 33.8 Å². The van der Waals surface area contributed by atoms with Gasteiger partial charge in [-0.3, -0.25) is 19.8 Å². The summed E-state index contributed by atoms with van der Waals surface area (Å²) in [7, 11) is -1.35. The van der Waals surface area contributed by atoms with E-state index in [0.29, 0.717) is 26.7 Å². The maximum atomic E-state index is 13.1. The molecule has 0 radical (unpaired) electrons. The lowest BCUT2D eigenvalue weighted by atomic mass is 10.1. The summed E-state index contributed by atoms with van der Waals surface area (Å²) in [6.45, 7) is 0. The van der Waals surface area contributed by atoms with Crippen LogP contribution in [0.15, 0.2) is 82.6 Å². The minimum Gasteiger partial charge on any atom is -0.278 e. The Labute approximate surface area is 157 Å². The first kappa shape index (κ1) is 17.1. The first-order valence-corrected chi connectivity index (χ1v) is 9.37. The number of carbonyl (C=O) groups excluding carboxylic acids is 1. The van der Waals surface area contributed by atoms with E-state index < -0.39 is 15.7 Å². The molecule has 0 fully saturated rings. The molecular formula is C20H14N2O4S. The van der Waals surface area contributed by atoms with Gasteiger partial charge in [-0.1, -0.05) is 36.4 Å². The maximum Gasteiger partial charge on any atom is 0.269 e. The van der Waals surface area contributed by atoms with Crippen LogP contribution >= 0.6 is 0 Å². The van der Waals surface area contributed by atoms with E-state index in [1.807, 2.05) is 0 Å². The van der Waals surface area contributed by atoms with Crippen molar-refractivity contribution in [1.29, 1.82) is 0 Å². The normalized spacial score (nSPS) is 13.0. The highest BCUT2D eigenvalue weighted by Gasteiger charge is 2.31. The van der Waals surface area contributed by atoms with Gasteiger partial charge in [0.15, 0.2) is 0 Å². The Bertz CT molecular complexity index is 1030. The SMILES string of the molecule is O=C(Cc1ccc([N+](=O)[O-])cc1)N1c2ccccc2S(=O)c2ccccc21. The van der Waals surface area contributed by atoms with E-state index in [0.717, 1.165) is 0 Å². The molecule has 0 atom stereocenters. The predicted octanol–water partition coefficient (Wildman–Crippen LogP) is 3.98. The van der Waals surface area contributed by atoms with Crippen molar-refractivity contribution < 1.29 is 13.9 Å². The fourth-order valence-electron chi connectivity index (χ4n) is 3.10. The van der Waals surface area contributed by atoms with E-state index in [9.17, 15) is 19.1 Å². The highest BCUT2D eigenvalue weighted by Crippen LogP contribution is 2.42. The molecule has 0 saturated carbocycles. The number of anilines is 2. The number of fused-ring (bicyclic) bond motifs is 2. The molecule has 4 rings (SSSR count). The number of rotatable bonds is 3. The Kier molecular flexibility index (Phi) is 4.29. The average Bonchev–Trinajstić information content (AvgIpc) is 2.69. The Morgan fingerprint density at radius 1 is 0.889 bits per heavy atom. The molecule has 1 aliphatic rings.